The number of rotatable bonds is 7. The van der Waals surface area contributed by atoms with Crippen LogP contribution in [0.15, 0.2) is 59.1 Å². The minimum absolute atomic E-state index is 0.170. The van der Waals surface area contributed by atoms with E-state index in [0.29, 0.717) is 17.1 Å². The molecular weight excluding hydrogens is 377 g/mol. The van der Waals surface area contributed by atoms with Gasteiger partial charge in [-0.25, -0.2) is 4.39 Å². The quantitative estimate of drug-likeness (QED) is 0.660. The molecule has 1 heterocycles. The van der Waals surface area contributed by atoms with Crippen LogP contribution in [-0.4, -0.2) is 35.5 Å². The first kappa shape index (κ1) is 20.1. The Morgan fingerprint density at radius 1 is 1.17 bits per heavy atom. The first-order chi connectivity index (χ1) is 13.9. The smallest absolute Gasteiger partial charge is 0.257 e. The van der Waals surface area contributed by atoms with E-state index in [9.17, 15) is 14.0 Å². The molecule has 1 N–H and O–H groups in total. The van der Waals surface area contributed by atoms with Crippen molar-refractivity contribution in [2.75, 3.05) is 18.9 Å². The largest absolute Gasteiger partial charge is 0.488 e. The third-order valence-corrected chi connectivity index (χ3v) is 4.05. The highest BCUT2D eigenvalue weighted by atomic mass is 19.1. The summed E-state index contributed by atoms with van der Waals surface area (Å²) in [4.78, 5) is 26.2. The lowest BCUT2D eigenvalue weighted by atomic mass is 10.1. The second kappa shape index (κ2) is 9.01. The van der Waals surface area contributed by atoms with E-state index in [1.165, 1.54) is 24.1 Å². The zero-order valence-corrected chi connectivity index (χ0v) is 16.0. The average molecular weight is 397 g/mol. The lowest BCUT2D eigenvalue weighted by Crippen LogP contribution is -2.35. The molecule has 0 aliphatic rings. The van der Waals surface area contributed by atoms with E-state index < -0.39 is 5.91 Å². The van der Waals surface area contributed by atoms with E-state index in [4.69, 9.17) is 9.26 Å². The normalized spacial score (nSPS) is 10.4. The number of aryl methyl sites for hydroxylation is 1. The summed E-state index contributed by atoms with van der Waals surface area (Å²) < 4.78 is 23.7. The molecule has 0 saturated heterocycles. The number of hydrogen-bond donors (Lipinski definition) is 1. The molecular formula is C21H20FN3O4. The molecule has 29 heavy (non-hydrogen) atoms. The number of hydrogen-bond acceptors (Lipinski definition) is 5. The van der Waals surface area contributed by atoms with Crippen molar-refractivity contribution in [3.05, 3.63) is 77.3 Å². The Morgan fingerprint density at radius 2 is 1.90 bits per heavy atom. The molecule has 0 aliphatic heterocycles. The number of para-hydroxylation sites is 1. The fourth-order valence-corrected chi connectivity index (χ4v) is 2.61. The number of nitrogens with one attached hydrogen (secondary N) is 1. The van der Waals surface area contributed by atoms with Crippen LogP contribution < -0.4 is 10.1 Å². The summed E-state index contributed by atoms with van der Waals surface area (Å²) in [6, 6.07) is 14.3. The van der Waals surface area contributed by atoms with Gasteiger partial charge in [0.15, 0.2) is 5.82 Å². The van der Waals surface area contributed by atoms with Crippen LogP contribution in [-0.2, 0) is 11.4 Å². The summed E-state index contributed by atoms with van der Waals surface area (Å²) in [5.74, 6) is 0.129. The predicted octanol–water partition coefficient (Wildman–Crippen LogP) is 3.41. The minimum Gasteiger partial charge on any atom is -0.488 e. The maximum atomic E-state index is 13.0. The van der Waals surface area contributed by atoms with E-state index in [0.717, 1.165) is 5.56 Å². The van der Waals surface area contributed by atoms with Crippen LogP contribution in [0.5, 0.6) is 5.75 Å². The minimum atomic E-state index is -0.404. The molecule has 7 nitrogen and oxygen atoms in total. The molecule has 0 spiro atoms. The van der Waals surface area contributed by atoms with Gasteiger partial charge < -0.3 is 19.5 Å². The number of carbonyl (C=O) groups is 2. The highest BCUT2D eigenvalue weighted by Gasteiger charge is 2.19. The van der Waals surface area contributed by atoms with Crippen LogP contribution in [0.4, 0.5) is 10.2 Å². The van der Waals surface area contributed by atoms with Gasteiger partial charge in [0.05, 0.1) is 12.1 Å². The van der Waals surface area contributed by atoms with Crippen LogP contribution in [0, 0.1) is 12.7 Å². The van der Waals surface area contributed by atoms with Crippen molar-refractivity contribution in [3.8, 4) is 5.75 Å². The predicted molar refractivity (Wildman–Crippen MR) is 104 cm³/mol. The summed E-state index contributed by atoms with van der Waals surface area (Å²) in [6.07, 6.45) is 0. The van der Waals surface area contributed by atoms with Crippen LogP contribution in [0.1, 0.15) is 21.7 Å². The van der Waals surface area contributed by atoms with Gasteiger partial charge in [-0.05, 0) is 36.8 Å². The van der Waals surface area contributed by atoms with Gasteiger partial charge in [-0.1, -0.05) is 29.4 Å². The van der Waals surface area contributed by atoms with Crippen molar-refractivity contribution < 1.29 is 23.2 Å². The van der Waals surface area contributed by atoms with Crippen molar-refractivity contribution in [2.45, 2.75) is 13.5 Å². The van der Waals surface area contributed by atoms with E-state index in [2.05, 4.69) is 10.5 Å². The number of anilines is 1. The number of likely N-dealkylation sites (N-methyl/N-ethyl adjacent to an activating group) is 1. The molecule has 0 atom stereocenters. The highest BCUT2D eigenvalue weighted by molar-refractivity contribution is 6.00. The second-order valence-corrected chi connectivity index (χ2v) is 6.44. The number of amides is 2. The molecule has 1 aromatic heterocycles. The number of carbonyl (C=O) groups excluding carboxylic acids is 2. The molecule has 2 aromatic carbocycles. The first-order valence-corrected chi connectivity index (χ1v) is 8.87. The SMILES string of the molecule is Cc1cc(NC(=O)CN(C)C(=O)c2ccccc2OCc2ccc(F)cc2)no1. The van der Waals surface area contributed by atoms with Crippen molar-refractivity contribution in [3.63, 3.8) is 0 Å². The fraction of sp³-hybridized carbons (Fsp3) is 0.190. The van der Waals surface area contributed by atoms with Gasteiger partial charge in [-0.15, -0.1) is 0 Å². The van der Waals surface area contributed by atoms with E-state index in [-0.39, 0.29) is 30.7 Å². The molecule has 0 aliphatic carbocycles. The fourth-order valence-electron chi connectivity index (χ4n) is 2.61. The Hall–Kier alpha value is -3.68. The molecule has 3 rings (SSSR count). The molecule has 3 aromatic rings. The standard InChI is InChI=1S/C21H20FN3O4/c1-14-11-19(24-29-14)23-20(26)12-25(2)21(27)17-5-3-4-6-18(17)28-13-15-7-9-16(22)10-8-15/h3-11H,12-13H2,1-2H3,(H,23,24,26). The topological polar surface area (TPSA) is 84.7 Å². The van der Waals surface area contributed by atoms with Gasteiger partial charge in [0.2, 0.25) is 5.91 Å². The average Bonchev–Trinajstić information content (AvgIpc) is 3.11. The summed E-state index contributed by atoms with van der Waals surface area (Å²) >= 11 is 0. The molecule has 0 saturated carbocycles. The van der Waals surface area contributed by atoms with Gasteiger partial charge in [0.25, 0.3) is 5.91 Å². The number of nitrogens with zero attached hydrogens (tertiary/aromatic N) is 2. The summed E-state index contributed by atoms with van der Waals surface area (Å²) in [5, 5.41) is 6.25. The van der Waals surface area contributed by atoms with Crippen molar-refractivity contribution in [1.29, 1.82) is 0 Å². The Bertz CT molecular complexity index is 1000. The Kier molecular flexibility index (Phi) is 6.23. The molecule has 150 valence electrons. The molecule has 0 bridgehead atoms. The summed E-state index contributed by atoms with van der Waals surface area (Å²) in [5.41, 5.74) is 1.09. The van der Waals surface area contributed by atoms with Gasteiger partial charge in [-0.3, -0.25) is 9.59 Å². The van der Waals surface area contributed by atoms with Crippen LogP contribution in [0.25, 0.3) is 0 Å². The van der Waals surface area contributed by atoms with Crippen LogP contribution in [0.2, 0.25) is 0 Å². The van der Waals surface area contributed by atoms with Gasteiger partial charge in [0.1, 0.15) is 23.9 Å². The second-order valence-electron chi connectivity index (χ2n) is 6.44. The van der Waals surface area contributed by atoms with E-state index in [1.807, 2.05) is 0 Å². The summed E-state index contributed by atoms with van der Waals surface area (Å²) in [6.45, 7) is 1.72. The van der Waals surface area contributed by atoms with E-state index >= 15 is 0 Å². The molecule has 0 radical (unpaired) electrons. The molecule has 0 unspecified atom stereocenters. The van der Waals surface area contributed by atoms with Gasteiger partial charge >= 0.3 is 0 Å². The number of halogens is 1. The lowest BCUT2D eigenvalue weighted by molar-refractivity contribution is -0.116. The Morgan fingerprint density at radius 3 is 2.59 bits per heavy atom. The van der Waals surface area contributed by atoms with Crippen molar-refractivity contribution in [1.82, 2.24) is 10.1 Å². The molecule has 0 fully saturated rings. The van der Waals surface area contributed by atoms with Crippen LogP contribution >= 0.6 is 0 Å². The molecule has 2 amide bonds. The lowest BCUT2D eigenvalue weighted by Gasteiger charge is -2.18. The van der Waals surface area contributed by atoms with Crippen LogP contribution in [0.3, 0.4) is 0 Å². The maximum Gasteiger partial charge on any atom is 0.257 e. The summed E-state index contributed by atoms with van der Waals surface area (Å²) in [7, 11) is 1.52. The Balaban J connectivity index is 1.63. The highest BCUT2D eigenvalue weighted by Crippen LogP contribution is 2.21. The zero-order chi connectivity index (χ0) is 20.8. The monoisotopic (exact) mass is 397 g/mol. The van der Waals surface area contributed by atoms with Crippen molar-refractivity contribution in [2.24, 2.45) is 0 Å². The number of ether oxygens (including phenoxy) is 1. The molecule has 8 heteroatoms. The number of aromatic nitrogens is 1. The third-order valence-electron chi connectivity index (χ3n) is 4.05. The number of benzene rings is 2. The third kappa shape index (κ3) is 5.41. The Labute approximate surface area is 167 Å². The van der Waals surface area contributed by atoms with Gasteiger partial charge in [-0.2, -0.15) is 0 Å². The van der Waals surface area contributed by atoms with Crippen molar-refractivity contribution >= 4 is 17.6 Å². The first-order valence-electron chi connectivity index (χ1n) is 8.87. The van der Waals surface area contributed by atoms with E-state index in [1.54, 1.807) is 49.4 Å². The van der Waals surface area contributed by atoms with Gasteiger partial charge in [0, 0.05) is 13.1 Å². The zero-order valence-electron chi connectivity index (χ0n) is 16.0. The maximum absolute atomic E-state index is 13.0.